The number of allylic oxidation sites excluding steroid dienone is 1. The summed E-state index contributed by atoms with van der Waals surface area (Å²) in [7, 11) is 0. The summed E-state index contributed by atoms with van der Waals surface area (Å²) >= 11 is 7.77. The van der Waals surface area contributed by atoms with Crippen LogP contribution in [-0.4, -0.2) is 47.7 Å². The summed E-state index contributed by atoms with van der Waals surface area (Å²) in [5.74, 6) is -0.773. The summed E-state index contributed by atoms with van der Waals surface area (Å²) in [6.07, 6.45) is 1.66. The lowest BCUT2D eigenvalue weighted by atomic mass is 9.96. The zero-order chi connectivity index (χ0) is 35.2. The lowest BCUT2D eigenvalue weighted by Crippen LogP contribution is -2.40. The highest BCUT2D eigenvalue weighted by Crippen LogP contribution is 2.34. The minimum Gasteiger partial charge on any atom is -0.483 e. The van der Waals surface area contributed by atoms with E-state index in [4.69, 9.17) is 21.1 Å². The van der Waals surface area contributed by atoms with Crippen molar-refractivity contribution in [2.75, 3.05) is 36.5 Å². The van der Waals surface area contributed by atoms with Gasteiger partial charge in [0, 0.05) is 53.2 Å². The number of nitrogens with zero attached hydrogens (tertiary/aromatic N) is 4. The third-order valence-electron chi connectivity index (χ3n) is 7.83. The van der Waals surface area contributed by atoms with Crippen LogP contribution in [0.1, 0.15) is 44.9 Å². The van der Waals surface area contributed by atoms with Gasteiger partial charge < -0.3 is 19.7 Å². The average Bonchev–Trinajstić information content (AvgIpc) is 3.38. The number of nitrogens with one attached hydrogen (secondary N) is 1. The summed E-state index contributed by atoms with van der Waals surface area (Å²) < 4.78 is 13.2. The van der Waals surface area contributed by atoms with Crippen LogP contribution in [0.15, 0.2) is 87.8 Å². The van der Waals surface area contributed by atoms with Crippen LogP contribution in [0.2, 0.25) is 5.02 Å². The summed E-state index contributed by atoms with van der Waals surface area (Å²) in [5.41, 5.74) is 2.27. The number of esters is 1. The number of carbonyl (C=O) groups excluding carboxylic acids is 2. The molecule has 1 N–H and O–H groups in total. The van der Waals surface area contributed by atoms with Crippen molar-refractivity contribution in [3.05, 3.63) is 124 Å². The first kappa shape index (κ1) is 35.0. The van der Waals surface area contributed by atoms with Crippen LogP contribution in [0.3, 0.4) is 0 Å². The first-order valence-corrected chi connectivity index (χ1v) is 16.8. The van der Waals surface area contributed by atoms with Crippen LogP contribution in [0.4, 0.5) is 17.1 Å². The number of benzene rings is 3. The molecule has 0 radical (unpaired) electrons. The largest absolute Gasteiger partial charge is 0.483 e. The van der Waals surface area contributed by atoms with Crippen molar-refractivity contribution in [2.24, 2.45) is 4.99 Å². The van der Waals surface area contributed by atoms with E-state index in [9.17, 15) is 24.5 Å². The van der Waals surface area contributed by atoms with E-state index in [0.29, 0.717) is 36.9 Å². The van der Waals surface area contributed by atoms with Gasteiger partial charge in [-0.2, -0.15) is 0 Å². The van der Waals surface area contributed by atoms with Gasteiger partial charge in [-0.3, -0.25) is 24.3 Å². The van der Waals surface area contributed by atoms with Crippen molar-refractivity contribution in [1.29, 1.82) is 0 Å². The molecule has 3 aromatic carbocycles. The zero-order valence-electron chi connectivity index (χ0n) is 27.3. The van der Waals surface area contributed by atoms with E-state index in [0.717, 1.165) is 30.1 Å². The van der Waals surface area contributed by atoms with Gasteiger partial charge in [-0.15, -0.1) is 0 Å². The smallest absolute Gasteiger partial charge is 0.338 e. The Kier molecular flexibility index (Phi) is 10.9. The van der Waals surface area contributed by atoms with Crippen LogP contribution < -0.4 is 29.8 Å². The molecule has 0 fully saturated rings. The van der Waals surface area contributed by atoms with Crippen molar-refractivity contribution in [3.63, 3.8) is 0 Å². The van der Waals surface area contributed by atoms with Gasteiger partial charge in [0.1, 0.15) is 11.8 Å². The monoisotopic (exact) mass is 703 g/mol. The minimum atomic E-state index is -0.871. The molecule has 49 heavy (non-hydrogen) atoms. The molecule has 0 saturated carbocycles. The molecule has 1 aliphatic heterocycles. The van der Waals surface area contributed by atoms with E-state index in [1.54, 1.807) is 62.4 Å². The Morgan fingerprint density at radius 3 is 2.55 bits per heavy atom. The van der Waals surface area contributed by atoms with E-state index in [1.807, 2.05) is 19.9 Å². The number of nitro benzene ring substituents is 1. The molecule has 1 aliphatic rings. The number of nitro groups is 1. The molecule has 0 saturated heterocycles. The molecule has 4 aromatic rings. The van der Waals surface area contributed by atoms with Crippen LogP contribution in [0, 0.1) is 10.1 Å². The van der Waals surface area contributed by atoms with Gasteiger partial charge in [-0.1, -0.05) is 47.2 Å². The normalized spacial score (nSPS) is 14.1. The fourth-order valence-corrected chi connectivity index (χ4v) is 6.79. The van der Waals surface area contributed by atoms with Gasteiger partial charge in [0.15, 0.2) is 11.4 Å². The lowest BCUT2D eigenvalue weighted by Gasteiger charge is -2.25. The van der Waals surface area contributed by atoms with Crippen molar-refractivity contribution >= 4 is 58.0 Å². The topological polar surface area (TPSA) is 145 Å². The van der Waals surface area contributed by atoms with E-state index < -0.39 is 35.0 Å². The highest BCUT2D eigenvalue weighted by Gasteiger charge is 2.34. The van der Waals surface area contributed by atoms with Gasteiger partial charge in [0.2, 0.25) is 0 Å². The van der Waals surface area contributed by atoms with Gasteiger partial charge in [0.05, 0.1) is 27.3 Å². The fraction of sp³-hybridized carbons (Fsp3) is 0.257. The molecular formula is C35H34ClN5O7S. The number of rotatable bonds is 12. The third-order valence-corrected chi connectivity index (χ3v) is 9.16. The second kappa shape index (κ2) is 15.3. The van der Waals surface area contributed by atoms with Crippen LogP contribution in [0.25, 0.3) is 6.08 Å². The zero-order valence-corrected chi connectivity index (χ0v) is 28.8. The number of non-ortho nitro benzene ring substituents is 1. The van der Waals surface area contributed by atoms with Crippen LogP contribution >= 0.6 is 22.9 Å². The first-order chi connectivity index (χ1) is 23.6. The van der Waals surface area contributed by atoms with E-state index in [2.05, 4.69) is 15.2 Å². The van der Waals surface area contributed by atoms with E-state index in [-0.39, 0.29) is 23.6 Å². The minimum absolute atomic E-state index is 0.144. The SMILES string of the molecule is CCOC(=O)C1=C(C)N=c2s/c(=C\c3ccc(N(CC)CC)cc3OCC(=O)Nc3cccc([N+](=O)[O-])c3)c(=O)n2[C@@H]1c1ccccc1Cl. The molecule has 0 aliphatic carbocycles. The number of anilines is 2. The van der Waals surface area contributed by atoms with Gasteiger partial charge >= 0.3 is 5.97 Å². The molecular weight excluding hydrogens is 670 g/mol. The number of halogens is 1. The average molecular weight is 704 g/mol. The summed E-state index contributed by atoms with van der Waals surface area (Å²) in [5, 5.41) is 14.2. The molecule has 254 valence electrons. The van der Waals surface area contributed by atoms with Crippen LogP contribution in [0.5, 0.6) is 5.75 Å². The fourth-order valence-electron chi connectivity index (χ4n) is 5.51. The Labute approximate surface area is 290 Å². The second-order valence-electron chi connectivity index (χ2n) is 10.9. The molecule has 2 heterocycles. The summed E-state index contributed by atoms with van der Waals surface area (Å²) in [6, 6.07) is 17.3. The third kappa shape index (κ3) is 7.58. The number of ether oxygens (including phenoxy) is 2. The molecule has 12 nitrogen and oxygen atoms in total. The number of amides is 1. The van der Waals surface area contributed by atoms with Gasteiger partial charge in [-0.05, 0) is 63.6 Å². The molecule has 5 rings (SSSR count). The Morgan fingerprint density at radius 1 is 1.10 bits per heavy atom. The molecule has 1 atom stereocenters. The molecule has 0 spiro atoms. The molecule has 0 unspecified atom stereocenters. The van der Waals surface area contributed by atoms with Crippen molar-refractivity contribution in [1.82, 2.24) is 4.57 Å². The van der Waals surface area contributed by atoms with Gasteiger partial charge in [-0.25, -0.2) is 9.79 Å². The van der Waals surface area contributed by atoms with E-state index >= 15 is 0 Å². The number of hydrogen-bond acceptors (Lipinski definition) is 10. The predicted molar refractivity (Wildman–Crippen MR) is 189 cm³/mol. The Bertz CT molecular complexity index is 2140. The van der Waals surface area contributed by atoms with Crippen LogP contribution in [-0.2, 0) is 14.3 Å². The number of fused-ring (bicyclic) bond motifs is 1. The highest BCUT2D eigenvalue weighted by atomic mass is 35.5. The van der Waals surface area contributed by atoms with Crippen molar-refractivity contribution < 1.29 is 24.0 Å². The maximum Gasteiger partial charge on any atom is 0.338 e. The number of aromatic nitrogens is 1. The van der Waals surface area contributed by atoms with Gasteiger partial charge in [0.25, 0.3) is 17.2 Å². The maximum atomic E-state index is 14.2. The summed E-state index contributed by atoms with van der Waals surface area (Å²) in [4.78, 5) is 58.0. The Hall–Kier alpha value is -5.27. The lowest BCUT2D eigenvalue weighted by molar-refractivity contribution is -0.384. The summed E-state index contributed by atoms with van der Waals surface area (Å²) in [6.45, 7) is 8.64. The predicted octanol–water partition coefficient (Wildman–Crippen LogP) is 5.22. The Morgan fingerprint density at radius 2 is 1.86 bits per heavy atom. The van der Waals surface area contributed by atoms with Crippen molar-refractivity contribution in [2.45, 2.75) is 33.7 Å². The Balaban J connectivity index is 1.56. The van der Waals surface area contributed by atoms with E-state index in [1.165, 1.54) is 22.8 Å². The first-order valence-electron chi connectivity index (χ1n) is 15.6. The number of thiazole rings is 1. The standard InChI is InChI=1S/C35H34ClN5O7S/c1-5-39(6-2)24-16-15-22(28(19-24)48-20-30(42)38-23-11-10-12-25(18-23)41(45)46)17-29-33(43)40-32(26-13-8-9-14-27(26)36)31(34(44)47-7-3)21(4)37-35(40)49-29/h8-19,32H,5-7,20H2,1-4H3,(H,38,42)/b29-17-/t32-/m1/s1. The molecule has 0 bridgehead atoms. The molecule has 14 heteroatoms. The maximum absolute atomic E-state index is 14.2. The molecule has 1 aromatic heterocycles. The highest BCUT2D eigenvalue weighted by molar-refractivity contribution is 7.07. The van der Waals surface area contributed by atoms with Crippen molar-refractivity contribution in [3.8, 4) is 5.75 Å². The number of carbonyl (C=O) groups is 2. The molecule has 1 amide bonds. The number of hydrogen-bond donors (Lipinski definition) is 1. The quantitative estimate of drug-likeness (QED) is 0.120. The second-order valence-corrected chi connectivity index (χ2v) is 12.3.